The molecular weight excluding hydrogens is 416 g/mol. The van der Waals surface area contributed by atoms with Gasteiger partial charge in [-0.05, 0) is 30.2 Å². The molecule has 11 nitrogen and oxygen atoms in total. The molecule has 0 atom stereocenters. The lowest BCUT2D eigenvalue weighted by Gasteiger charge is -2.09. The molecule has 0 amide bonds. The average molecular weight is 432 g/mol. The number of hydrogen-bond acceptors (Lipinski definition) is 8. The van der Waals surface area contributed by atoms with Crippen LogP contribution in [-0.4, -0.2) is 28.0 Å². The van der Waals surface area contributed by atoms with Gasteiger partial charge in [-0.25, -0.2) is 0 Å². The van der Waals surface area contributed by atoms with Crippen LogP contribution in [-0.2, 0) is 10.1 Å². The third kappa shape index (κ3) is 4.27. The number of benzene rings is 2. The normalized spacial score (nSPS) is 11.4. The van der Waals surface area contributed by atoms with Crippen molar-refractivity contribution in [3.63, 3.8) is 0 Å². The quantitative estimate of drug-likeness (QED) is 0.312. The zero-order valence-corrected chi connectivity index (χ0v) is 16.6. The number of nitro groups is 2. The van der Waals surface area contributed by atoms with Crippen LogP contribution < -0.4 is 4.18 Å². The van der Waals surface area contributed by atoms with Crippen LogP contribution in [0.2, 0.25) is 0 Å². The van der Waals surface area contributed by atoms with Crippen LogP contribution in [0.25, 0.3) is 5.69 Å². The van der Waals surface area contributed by atoms with Gasteiger partial charge in [0.15, 0.2) is 0 Å². The van der Waals surface area contributed by atoms with E-state index in [2.05, 4.69) is 5.10 Å². The van der Waals surface area contributed by atoms with Gasteiger partial charge in [0.25, 0.3) is 11.4 Å². The summed E-state index contributed by atoms with van der Waals surface area (Å²) in [5, 5.41) is 26.0. The Bertz CT molecular complexity index is 1200. The summed E-state index contributed by atoms with van der Waals surface area (Å²) in [4.78, 5) is 20.2. The van der Waals surface area contributed by atoms with Gasteiger partial charge in [-0.1, -0.05) is 13.8 Å². The minimum atomic E-state index is -4.31. The van der Waals surface area contributed by atoms with E-state index in [9.17, 15) is 28.6 Å². The first-order valence-electron chi connectivity index (χ1n) is 8.62. The van der Waals surface area contributed by atoms with E-state index in [4.69, 9.17) is 4.18 Å². The number of non-ortho nitro benzene ring substituents is 2. The van der Waals surface area contributed by atoms with Gasteiger partial charge >= 0.3 is 10.1 Å². The fourth-order valence-electron chi connectivity index (χ4n) is 2.52. The Labute approximate surface area is 171 Å². The Morgan fingerprint density at radius 2 is 1.43 bits per heavy atom. The van der Waals surface area contributed by atoms with Crippen molar-refractivity contribution in [2.45, 2.75) is 24.7 Å². The topological polar surface area (TPSA) is 147 Å². The molecule has 156 valence electrons. The predicted molar refractivity (Wildman–Crippen MR) is 105 cm³/mol. The average Bonchev–Trinajstić information content (AvgIpc) is 3.11. The molecule has 2 aromatic carbocycles. The molecule has 0 saturated heterocycles. The Morgan fingerprint density at radius 3 is 1.90 bits per heavy atom. The van der Waals surface area contributed by atoms with E-state index in [1.807, 2.05) is 13.8 Å². The first-order valence-corrected chi connectivity index (χ1v) is 10.0. The molecule has 12 heteroatoms. The lowest BCUT2D eigenvalue weighted by atomic mass is 10.1. The van der Waals surface area contributed by atoms with Crippen LogP contribution in [0.1, 0.15) is 25.5 Å². The van der Waals surface area contributed by atoms with Crippen LogP contribution in [0.4, 0.5) is 11.4 Å². The van der Waals surface area contributed by atoms with Crippen LogP contribution >= 0.6 is 0 Å². The summed E-state index contributed by atoms with van der Waals surface area (Å²) in [6.45, 7) is 3.72. The Balaban J connectivity index is 2.00. The molecule has 0 bridgehead atoms. The summed E-state index contributed by atoms with van der Waals surface area (Å²) in [6, 6.07) is 11.1. The fraction of sp³-hybridized carbons (Fsp3) is 0.167. The molecular formula is C18H16N4O7S. The van der Waals surface area contributed by atoms with E-state index in [1.54, 1.807) is 0 Å². The van der Waals surface area contributed by atoms with Gasteiger partial charge in [0.2, 0.25) is 5.88 Å². The van der Waals surface area contributed by atoms with E-state index in [0.29, 0.717) is 11.4 Å². The zero-order chi connectivity index (χ0) is 22.1. The van der Waals surface area contributed by atoms with Crippen molar-refractivity contribution in [2.24, 2.45) is 0 Å². The second-order valence-electron chi connectivity index (χ2n) is 6.54. The van der Waals surface area contributed by atoms with Gasteiger partial charge in [0.05, 0.1) is 21.2 Å². The van der Waals surface area contributed by atoms with Crippen molar-refractivity contribution in [1.29, 1.82) is 0 Å². The number of hydrogen-bond donors (Lipinski definition) is 0. The van der Waals surface area contributed by atoms with Crippen molar-refractivity contribution < 1.29 is 22.4 Å². The van der Waals surface area contributed by atoms with Crippen LogP contribution in [0.5, 0.6) is 5.88 Å². The summed E-state index contributed by atoms with van der Waals surface area (Å²) < 4.78 is 31.8. The zero-order valence-electron chi connectivity index (χ0n) is 15.8. The smallest absolute Gasteiger partial charge is 0.340 e. The molecule has 3 rings (SSSR count). The molecule has 0 aliphatic heterocycles. The summed E-state index contributed by atoms with van der Waals surface area (Å²) in [5.74, 6) is -0.167. The van der Waals surface area contributed by atoms with E-state index in [0.717, 1.165) is 24.3 Å². The highest BCUT2D eigenvalue weighted by Crippen LogP contribution is 2.28. The van der Waals surface area contributed by atoms with E-state index in [-0.39, 0.29) is 28.1 Å². The van der Waals surface area contributed by atoms with Crippen molar-refractivity contribution in [1.82, 2.24) is 9.78 Å². The first kappa shape index (κ1) is 20.9. The number of nitro benzene ring substituents is 2. The number of aromatic nitrogens is 2. The maximum absolute atomic E-state index is 12.7. The van der Waals surface area contributed by atoms with E-state index < -0.39 is 20.0 Å². The minimum Gasteiger partial charge on any atom is -0.358 e. The monoisotopic (exact) mass is 432 g/mol. The molecule has 0 fully saturated rings. The maximum Gasteiger partial charge on any atom is 0.340 e. The van der Waals surface area contributed by atoms with Crippen molar-refractivity contribution >= 4 is 21.5 Å². The Kier molecular flexibility index (Phi) is 5.52. The summed E-state index contributed by atoms with van der Waals surface area (Å²) >= 11 is 0. The van der Waals surface area contributed by atoms with Gasteiger partial charge in [-0.15, -0.1) is 0 Å². The molecule has 0 unspecified atom stereocenters. The largest absolute Gasteiger partial charge is 0.358 e. The second kappa shape index (κ2) is 7.91. The second-order valence-corrected chi connectivity index (χ2v) is 8.08. The van der Waals surface area contributed by atoms with Crippen LogP contribution in [0.15, 0.2) is 59.5 Å². The molecule has 30 heavy (non-hydrogen) atoms. The van der Waals surface area contributed by atoms with Crippen LogP contribution in [0.3, 0.4) is 0 Å². The Morgan fingerprint density at radius 1 is 0.933 bits per heavy atom. The molecule has 0 spiro atoms. The molecule has 0 aliphatic carbocycles. The molecule has 3 aromatic rings. The van der Waals surface area contributed by atoms with Gasteiger partial charge in [-0.3, -0.25) is 20.2 Å². The molecule has 1 heterocycles. The minimum absolute atomic E-state index is 0.0475. The number of rotatable bonds is 7. The standard InChI is InChI=1S/C18H16N4O7S/c1-12(2)17-11-18(20(19-17)13-3-5-14(6-4-13)21(23)24)29-30(27,28)16-9-7-15(8-10-16)22(25)26/h3-12H,1-2H3. The summed E-state index contributed by atoms with van der Waals surface area (Å²) in [6.07, 6.45) is 0. The number of nitrogens with zero attached hydrogens (tertiary/aromatic N) is 4. The van der Waals surface area contributed by atoms with E-state index >= 15 is 0 Å². The van der Waals surface area contributed by atoms with Crippen molar-refractivity contribution in [2.75, 3.05) is 0 Å². The highest BCUT2D eigenvalue weighted by atomic mass is 32.2. The lowest BCUT2D eigenvalue weighted by Crippen LogP contribution is -2.12. The van der Waals surface area contributed by atoms with Crippen molar-refractivity contribution in [3.05, 3.63) is 80.5 Å². The molecule has 0 saturated carbocycles. The third-order valence-electron chi connectivity index (χ3n) is 4.12. The lowest BCUT2D eigenvalue weighted by molar-refractivity contribution is -0.385. The highest BCUT2D eigenvalue weighted by molar-refractivity contribution is 7.87. The molecule has 0 radical (unpaired) electrons. The first-order chi connectivity index (χ1) is 14.1. The molecule has 0 aliphatic rings. The van der Waals surface area contributed by atoms with Gasteiger partial charge in [0, 0.05) is 30.3 Å². The van der Waals surface area contributed by atoms with Gasteiger partial charge < -0.3 is 4.18 Å². The predicted octanol–water partition coefficient (Wildman–Crippen LogP) is 3.58. The summed E-state index contributed by atoms with van der Waals surface area (Å²) in [5.41, 5.74) is 0.520. The van der Waals surface area contributed by atoms with Gasteiger partial charge in [-0.2, -0.15) is 18.2 Å². The van der Waals surface area contributed by atoms with Crippen LogP contribution in [0, 0.1) is 20.2 Å². The Hall–Kier alpha value is -3.80. The SMILES string of the molecule is CC(C)c1cc(OS(=O)(=O)c2ccc([N+](=O)[O-])cc2)n(-c2ccc([N+](=O)[O-])cc2)n1. The maximum atomic E-state index is 12.7. The summed E-state index contributed by atoms with van der Waals surface area (Å²) in [7, 11) is -4.31. The molecule has 0 N–H and O–H groups in total. The highest BCUT2D eigenvalue weighted by Gasteiger charge is 2.23. The van der Waals surface area contributed by atoms with Gasteiger partial charge in [0.1, 0.15) is 4.90 Å². The third-order valence-corrected chi connectivity index (χ3v) is 5.36. The fourth-order valence-corrected chi connectivity index (χ4v) is 3.43. The molecule has 1 aromatic heterocycles. The van der Waals surface area contributed by atoms with E-state index in [1.165, 1.54) is 35.0 Å². The van der Waals surface area contributed by atoms with Crippen molar-refractivity contribution in [3.8, 4) is 11.6 Å².